The van der Waals surface area contributed by atoms with E-state index in [2.05, 4.69) is 19.9 Å². The maximum absolute atomic E-state index is 12.9. The lowest BCUT2D eigenvalue weighted by atomic mass is 9.80. The molecule has 28 heavy (non-hydrogen) atoms. The number of hydrogen-bond acceptors (Lipinski definition) is 3. The summed E-state index contributed by atoms with van der Waals surface area (Å²) < 4.78 is 38.8. The van der Waals surface area contributed by atoms with Gasteiger partial charge in [0.1, 0.15) is 11.6 Å². The predicted molar refractivity (Wildman–Crippen MR) is 99.5 cm³/mol. The molecule has 1 fully saturated rings. The van der Waals surface area contributed by atoms with E-state index in [0.29, 0.717) is 23.1 Å². The second kappa shape index (κ2) is 7.73. The first-order valence-electron chi connectivity index (χ1n) is 9.48. The number of benzene rings is 1. The molecular weight excluding hydrogens is 365 g/mol. The second-order valence-corrected chi connectivity index (χ2v) is 7.34. The van der Waals surface area contributed by atoms with Crippen LogP contribution in [0.2, 0.25) is 0 Å². The Morgan fingerprint density at radius 2 is 1.75 bits per heavy atom. The van der Waals surface area contributed by atoms with Crippen molar-refractivity contribution in [3.63, 3.8) is 0 Å². The lowest BCUT2D eigenvalue weighted by Crippen LogP contribution is -2.17. The fraction of sp³-hybridized carbons (Fsp3) is 0.381. The van der Waals surface area contributed by atoms with Crippen molar-refractivity contribution in [2.45, 2.75) is 44.2 Å². The maximum atomic E-state index is 12.9. The number of H-pyrrole nitrogens is 1. The Labute approximate surface area is 161 Å². The largest absolute Gasteiger partial charge is 0.416 e. The average Bonchev–Trinajstić information content (AvgIpc) is 3.19. The van der Waals surface area contributed by atoms with E-state index in [1.54, 1.807) is 24.7 Å². The van der Waals surface area contributed by atoms with Crippen LogP contribution < -0.4 is 0 Å². The van der Waals surface area contributed by atoms with Crippen molar-refractivity contribution < 1.29 is 13.2 Å². The number of nitrogens with zero attached hydrogens (tertiary/aromatic N) is 3. The number of aromatic amines is 1. The molecule has 0 spiro atoms. The molecule has 1 aliphatic carbocycles. The Bertz CT molecular complexity index is 913. The van der Waals surface area contributed by atoms with Crippen molar-refractivity contribution in [1.29, 1.82) is 0 Å². The first kappa shape index (κ1) is 18.7. The minimum atomic E-state index is -4.35. The van der Waals surface area contributed by atoms with Gasteiger partial charge in [-0.25, -0.2) is 15.0 Å². The minimum Gasteiger partial charge on any atom is -0.348 e. The van der Waals surface area contributed by atoms with E-state index in [0.717, 1.165) is 55.9 Å². The van der Waals surface area contributed by atoms with Crippen LogP contribution in [0.3, 0.4) is 0 Å². The topological polar surface area (TPSA) is 54.5 Å². The van der Waals surface area contributed by atoms with Crippen LogP contribution in [0.25, 0.3) is 11.3 Å². The van der Waals surface area contributed by atoms with Crippen LogP contribution in [0, 0.1) is 5.92 Å². The van der Waals surface area contributed by atoms with Gasteiger partial charge in [-0.05, 0) is 49.8 Å². The molecule has 1 aromatic carbocycles. The molecule has 0 atom stereocenters. The van der Waals surface area contributed by atoms with Gasteiger partial charge in [0.05, 0.1) is 11.3 Å². The van der Waals surface area contributed by atoms with E-state index in [1.807, 2.05) is 6.07 Å². The van der Waals surface area contributed by atoms with Crippen molar-refractivity contribution >= 4 is 0 Å². The third-order valence-corrected chi connectivity index (χ3v) is 5.41. The summed E-state index contributed by atoms with van der Waals surface area (Å²) in [4.78, 5) is 16.4. The number of halogens is 3. The van der Waals surface area contributed by atoms with Gasteiger partial charge in [-0.15, -0.1) is 0 Å². The van der Waals surface area contributed by atoms with Gasteiger partial charge in [-0.1, -0.05) is 12.1 Å². The van der Waals surface area contributed by atoms with Crippen LogP contribution in [-0.4, -0.2) is 19.9 Å². The van der Waals surface area contributed by atoms with Gasteiger partial charge < -0.3 is 4.98 Å². The van der Waals surface area contributed by atoms with Crippen LogP contribution in [0.1, 0.15) is 48.8 Å². The molecule has 4 rings (SSSR count). The summed E-state index contributed by atoms with van der Waals surface area (Å²) in [5, 5.41) is 0. The maximum Gasteiger partial charge on any atom is 0.416 e. The fourth-order valence-electron chi connectivity index (χ4n) is 3.88. The molecule has 4 nitrogen and oxygen atoms in total. The van der Waals surface area contributed by atoms with Gasteiger partial charge in [0.2, 0.25) is 0 Å². The Morgan fingerprint density at radius 3 is 2.46 bits per heavy atom. The van der Waals surface area contributed by atoms with E-state index < -0.39 is 11.7 Å². The zero-order valence-corrected chi connectivity index (χ0v) is 15.3. The molecule has 0 bridgehead atoms. The molecule has 0 aliphatic heterocycles. The molecule has 3 aromatic rings. The summed E-state index contributed by atoms with van der Waals surface area (Å²) in [6, 6.07) is 7.13. The highest BCUT2D eigenvalue weighted by molar-refractivity contribution is 5.59. The second-order valence-electron chi connectivity index (χ2n) is 7.34. The molecule has 0 amide bonds. The third-order valence-electron chi connectivity index (χ3n) is 5.41. The van der Waals surface area contributed by atoms with Crippen LogP contribution in [0.5, 0.6) is 0 Å². The molecule has 7 heteroatoms. The van der Waals surface area contributed by atoms with E-state index >= 15 is 0 Å². The van der Waals surface area contributed by atoms with Gasteiger partial charge in [-0.3, -0.25) is 0 Å². The summed E-state index contributed by atoms with van der Waals surface area (Å²) in [7, 11) is 0. The van der Waals surface area contributed by atoms with Crippen LogP contribution >= 0.6 is 0 Å². The smallest absolute Gasteiger partial charge is 0.348 e. The fourth-order valence-corrected chi connectivity index (χ4v) is 3.88. The van der Waals surface area contributed by atoms with E-state index in [9.17, 15) is 13.2 Å². The normalized spacial score (nSPS) is 20.2. The van der Waals surface area contributed by atoms with Crippen LogP contribution in [0.15, 0.2) is 48.9 Å². The number of hydrogen-bond donors (Lipinski definition) is 1. The molecule has 2 heterocycles. The monoisotopic (exact) mass is 386 g/mol. The van der Waals surface area contributed by atoms with E-state index in [1.165, 1.54) is 6.07 Å². The summed E-state index contributed by atoms with van der Waals surface area (Å²) >= 11 is 0. The number of aromatic nitrogens is 4. The zero-order valence-electron chi connectivity index (χ0n) is 15.3. The molecular formula is C21H21F3N4. The summed E-state index contributed by atoms with van der Waals surface area (Å²) in [5.41, 5.74) is 0.381. The van der Waals surface area contributed by atoms with Crippen LogP contribution in [0.4, 0.5) is 13.2 Å². The molecule has 146 valence electrons. The molecule has 1 aliphatic rings. The molecule has 1 saturated carbocycles. The Hall–Kier alpha value is -2.70. The summed E-state index contributed by atoms with van der Waals surface area (Å²) in [6.07, 6.45) is 5.94. The van der Waals surface area contributed by atoms with Crippen molar-refractivity contribution in [3.05, 3.63) is 66.1 Å². The Balaban J connectivity index is 1.40. The van der Waals surface area contributed by atoms with Gasteiger partial charge in [0.25, 0.3) is 0 Å². The van der Waals surface area contributed by atoms with E-state index in [-0.39, 0.29) is 0 Å². The van der Waals surface area contributed by atoms with E-state index in [4.69, 9.17) is 0 Å². The summed E-state index contributed by atoms with van der Waals surface area (Å²) in [5.74, 6) is 2.63. The van der Waals surface area contributed by atoms with Gasteiger partial charge in [0, 0.05) is 36.5 Å². The number of nitrogens with one attached hydrogen (secondary N) is 1. The van der Waals surface area contributed by atoms with Gasteiger partial charge >= 0.3 is 6.18 Å². The number of imidazole rings is 1. The molecule has 1 N–H and O–H groups in total. The molecule has 0 radical (unpaired) electrons. The lowest BCUT2D eigenvalue weighted by Gasteiger charge is -2.26. The predicted octanol–water partition coefficient (Wildman–Crippen LogP) is 5.40. The molecule has 2 aromatic heterocycles. The first-order chi connectivity index (χ1) is 13.5. The van der Waals surface area contributed by atoms with Crippen LogP contribution in [-0.2, 0) is 12.6 Å². The highest BCUT2D eigenvalue weighted by Crippen LogP contribution is 2.37. The Morgan fingerprint density at radius 1 is 1.00 bits per heavy atom. The standard InChI is InChI=1S/C21H21F3N4/c22-21(23,24)17-4-1-3-16(12-17)18-13-27-20(28-18)15-7-5-14(6-8-15)11-19-25-9-2-10-26-19/h1-4,9-10,12-15H,5-8,11H2,(H,27,28). The Kier molecular flexibility index (Phi) is 5.15. The highest BCUT2D eigenvalue weighted by Gasteiger charge is 2.31. The van der Waals surface area contributed by atoms with Crippen molar-refractivity contribution in [2.75, 3.05) is 0 Å². The van der Waals surface area contributed by atoms with Crippen molar-refractivity contribution in [1.82, 2.24) is 19.9 Å². The summed E-state index contributed by atoms with van der Waals surface area (Å²) in [6.45, 7) is 0. The number of rotatable bonds is 4. The van der Waals surface area contributed by atoms with Crippen molar-refractivity contribution in [3.8, 4) is 11.3 Å². The molecule has 0 saturated heterocycles. The molecule has 0 unspecified atom stereocenters. The van der Waals surface area contributed by atoms with Crippen molar-refractivity contribution in [2.24, 2.45) is 5.92 Å². The van der Waals surface area contributed by atoms with Gasteiger partial charge in [0.15, 0.2) is 0 Å². The van der Waals surface area contributed by atoms with Gasteiger partial charge in [-0.2, -0.15) is 13.2 Å². The quantitative estimate of drug-likeness (QED) is 0.653. The highest BCUT2D eigenvalue weighted by atomic mass is 19.4. The SMILES string of the molecule is FC(F)(F)c1cccc(-c2c[nH]c(C3CCC(Cc4ncccn4)CC3)n2)c1. The lowest BCUT2D eigenvalue weighted by molar-refractivity contribution is -0.137. The number of alkyl halides is 3. The first-order valence-corrected chi connectivity index (χ1v) is 9.48. The average molecular weight is 386 g/mol. The zero-order chi connectivity index (χ0) is 19.6. The minimum absolute atomic E-state index is 0.312. The third kappa shape index (κ3) is 4.24.